The average molecular weight is 246 g/mol. The van der Waals surface area contributed by atoms with Crippen molar-refractivity contribution in [3.05, 3.63) is 0 Å². The number of hydrogen-bond donors (Lipinski definition) is 1. The third-order valence-corrected chi connectivity index (χ3v) is 2.20. The van der Waals surface area contributed by atoms with E-state index in [0.29, 0.717) is 5.33 Å². The van der Waals surface area contributed by atoms with Crippen LogP contribution in [0.15, 0.2) is 0 Å². The molecular weight excluding hydrogens is 230 g/mol. The summed E-state index contributed by atoms with van der Waals surface area (Å²) in [5.41, 5.74) is 0. The second-order valence-electron chi connectivity index (χ2n) is 2.85. The average Bonchev–Trinajstić information content (AvgIpc) is 2.16. The smallest absolute Gasteiger partial charge is 0.230 e. The lowest BCUT2D eigenvalue weighted by Gasteiger charge is -2.01. The summed E-state index contributed by atoms with van der Waals surface area (Å²) in [4.78, 5) is 10.8. The van der Waals surface area contributed by atoms with Gasteiger partial charge in [0.2, 0.25) is 5.91 Å². The van der Waals surface area contributed by atoms with Crippen LogP contribution in [0.5, 0.6) is 0 Å². The molecule has 0 aromatic carbocycles. The molecule has 0 rings (SSSR count). The summed E-state index contributed by atoms with van der Waals surface area (Å²) in [5, 5.41) is 3.19. The lowest BCUT2D eigenvalue weighted by Crippen LogP contribution is -2.25. The molecule has 2 nitrogen and oxygen atoms in total. The molecule has 0 unspecified atom stereocenters. The molecule has 0 saturated carbocycles. The van der Waals surface area contributed by atoms with Gasteiger partial charge in [-0.1, -0.05) is 28.8 Å². The van der Waals surface area contributed by atoms with Gasteiger partial charge in [0.1, 0.15) is 0 Å². The minimum absolute atomic E-state index is 0.0589. The Kier molecular flexibility index (Phi) is 9.24. The Labute approximate surface area is 88.6 Å². The Morgan fingerprint density at radius 2 is 2.00 bits per heavy atom. The van der Waals surface area contributed by atoms with Gasteiger partial charge < -0.3 is 5.32 Å². The van der Waals surface area contributed by atoms with Gasteiger partial charge in [0, 0.05) is 13.0 Å². The van der Waals surface area contributed by atoms with Gasteiger partial charge in [-0.3, -0.25) is 4.79 Å². The molecule has 0 aliphatic rings. The van der Waals surface area contributed by atoms with E-state index in [1.807, 2.05) is 0 Å². The molecule has 74 valence electrons. The Hall–Kier alpha value is -0.490. The van der Waals surface area contributed by atoms with Crippen molar-refractivity contribution >= 4 is 21.8 Å². The summed E-state index contributed by atoms with van der Waals surface area (Å²) in [6.07, 6.45) is 10.4. The first-order chi connectivity index (χ1) is 6.31. The van der Waals surface area contributed by atoms with E-state index in [2.05, 4.69) is 27.2 Å². The van der Waals surface area contributed by atoms with E-state index >= 15 is 0 Å². The van der Waals surface area contributed by atoms with Gasteiger partial charge in [-0.2, -0.15) is 0 Å². The highest BCUT2D eigenvalue weighted by Gasteiger charge is 1.95. The Morgan fingerprint density at radius 3 is 2.62 bits per heavy atom. The first-order valence-corrected chi connectivity index (χ1v) is 5.69. The van der Waals surface area contributed by atoms with Gasteiger partial charge in [0.15, 0.2) is 0 Å². The van der Waals surface area contributed by atoms with Crippen LogP contribution in [0.4, 0.5) is 0 Å². The second-order valence-corrected chi connectivity index (χ2v) is 3.41. The van der Waals surface area contributed by atoms with Gasteiger partial charge in [-0.25, -0.2) is 0 Å². The topological polar surface area (TPSA) is 29.1 Å². The fourth-order valence-electron chi connectivity index (χ4n) is 0.981. The fourth-order valence-corrected chi connectivity index (χ4v) is 1.18. The molecule has 0 heterocycles. The first-order valence-electron chi connectivity index (χ1n) is 4.57. The predicted molar refractivity (Wildman–Crippen MR) is 58.7 cm³/mol. The maximum absolute atomic E-state index is 10.8. The number of hydrogen-bond acceptors (Lipinski definition) is 1. The minimum atomic E-state index is 0.0589. The number of amides is 1. The van der Waals surface area contributed by atoms with Crippen LogP contribution in [0.1, 0.15) is 32.1 Å². The predicted octanol–water partition coefficient (Wildman–Crippen LogP) is 2.08. The van der Waals surface area contributed by atoms with Crippen molar-refractivity contribution in [1.82, 2.24) is 5.32 Å². The molecule has 0 saturated heterocycles. The molecule has 13 heavy (non-hydrogen) atoms. The lowest BCUT2D eigenvalue weighted by atomic mass is 10.1. The summed E-state index contributed by atoms with van der Waals surface area (Å²) >= 11 is 3.08. The molecule has 0 atom stereocenters. The van der Waals surface area contributed by atoms with Crippen LogP contribution in [-0.2, 0) is 4.79 Å². The van der Waals surface area contributed by atoms with Crippen LogP contribution in [0.3, 0.4) is 0 Å². The molecule has 0 aromatic heterocycles. The lowest BCUT2D eigenvalue weighted by molar-refractivity contribution is -0.118. The van der Waals surface area contributed by atoms with E-state index in [1.54, 1.807) is 0 Å². The number of carbonyl (C=O) groups is 1. The largest absolute Gasteiger partial charge is 0.355 e. The number of alkyl halides is 1. The summed E-state index contributed by atoms with van der Waals surface area (Å²) in [6.45, 7) is 0.778. The quantitative estimate of drug-likeness (QED) is 0.416. The van der Waals surface area contributed by atoms with Crippen molar-refractivity contribution in [2.75, 3.05) is 11.9 Å². The highest BCUT2D eigenvalue weighted by atomic mass is 79.9. The standard InChI is InChI=1S/C10H16BrNO/c1-2-3-4-5-6-7-8-12-10(13)9-11/h1H,3-9H2,(H,12,13). The molecule has 0 fully saturated rings. The molecule has 0 bridgehead atoms. The number of halogens is 1. The third kappa shape index (κ3) is 9.42. The van der Waals surface area contributed by atoms with Crippen molar-refractivity contribution < 1.29 is 4.79 Å². The summed E-state index contributed by atoms with van der Waals surface area (Å²) in [5.74, 6) is 2.67. The van der Waals surface area contributed by atoms with Crippen molar-refractivity contribution in [1.29, 1.82) is 0 Å². The van der Waals surface area contributed by atoms with Crippen LogP contribution < -0.4 is 5.32 Å². The molecule has 0 radical (unpaired) electrons. The Bertz CT molecular complexity index is 174. The van der Waals surface area contributed by atoms with E-state index in [1.165, 1.54) is 0 Å². The zero-order chi connectivity index (χ0) is 9.94. The van der Waals surface area contributed by atoms with Gasteiger partial charge in [-0.05, 0) is 12.8 Å². The zero-order valence-corrected chi connectivity index (χ0v) is 9.40. The van der Waals surface area contributed by atoms with Crippen molar-refractivity contribution in [2.45, 2.75) is 32.1 Å². The van der Waals surface area contributed by atoms with E-state index < -0.39 is 0 Å². The molecule has 0 spiro atoms. The van der Waals surface area contributed by atoms with E-state index in [9.17, 15) is 4.79 Å². The molecule has 3 heteroatoms. The van der Waals surface area contributed by atoms with Crippen molar-refractivity contribution in [3.63, 3.8) is 0 Å². The van der Waals surface area contributed by atoms with E-state index in [-0.39, 0.29) is 5.91 Å². The Morgan fingerprint density at radius 1 is 1.31 bits per heavy atom. The number of rotatable bonds is 7. The third-order valence-electron chi connectivity index (χ3n) is 1.69. The van der Waals surface area contributed by atoms with Gasteiger partial charge in [0.05, 0.1) is 5.33 Å². The normalized spacial score (nSPS) is 9.23. The number of carbonyl (C=O) groups excluding carboxylic acids is 1. The van der Waals surface area contributed by atoms with E-state index in [0.717, 1.165) is 38.6 Å². The molecule has 0 aliphatic carbocycles. The van der Waals surface area contributed by atoms with Crippen LogP contribution >= 0.6 is 15.9 Å². The fraction of sp³-hybridized carbons (Fsp3) is 0.700. The van der Waals surface area contributed by atoms with E-state index in [4.69, 9.17) is 6.42 Å². The zero-order valence-electron chi connectivity index (χ0n) is 7.81. The van der Waals surface area contributed by atoms with Crippen molar-refractivity contribution in [2.24, 2.45) is 0 Å². The molecule has 0 aliphatic heterocycles. The molecular formula is C10H16BrNO. The van der Waals surface area contributed by atoms with Crippen LogP contribution in [-0.4, -0.2) is 17.8 Å². The molecule has 1 N–H and O–H groups in total. The highest BCUT2D eigenvalue weighted by molar-refractivity contribution is 9.09. The minimum Gasteiger partial charge on any atom is -0.355 e. The highest BCUT2D eigenvalue weighted by Crippen LogP contribution is 2.01. The Balaban J connectivity index is 3.00. The number of unbranched alkanes of at least 4 members (excludes halogenated alkanes) is 4. The maximum Gasteiger partial charge on any atom is 0.230 e. The summed E-state index contributed by atoms with van der Waals surface area (Å²) in [6, 6.07) is 0. The summed E-state index contributed by atoms with van der Waals surface area (Å²) in [7, 11) is 0. The molecule has 1 amide bonds. The monoisotopic (exact) mass is 245 g/mol. The number of terminal acetylenes is 1. The van der Waals surface area contributed by atoms with Crippen molar-refractivity contribution in [3.8, 4) is 12.3 Å². The maximum atomic E-state index is 10.8. The van der Waals surface area contributed by atoms with Crippen LogP contribution in [0, 0.1) is 12.3 Å². The first kappa shape index (κ1) is 12.5. The second kappa shape index (κ2) is 9.60. The van der Waals surface area contributed by atoms with Gasteiger partial charge >= 0.3 is 0 Å². The van der Waals surface area contributed by atoms with Gasteiger partial charge in [0.25, 0.3) is 0 Å². The number of nitrogens with one attached hydrogen (secondary N) is 1. The van der Waals surface area contributed by atoms with Crippen LogP contribution in [0.25, 0.3) is 0 Å². The SMILES string of the molecule is C#CCCCCCCNC(=O)CBr. The summed E-state index contributed by atoms with van der Waals surface area (Å²) < 4.78 is 0. The van der Waals surface area contributed by atoms with Crippen LogP contribution in [0.2, 0.25) is 0 Å². The van der Waals surface area contributed by atoms with Gasteiger partial charge in [-0.15, -0.1) is 12.3 Å². The molecule has 0 aromatic rings.